The van der Waals surface area contributed by atoms with Crippen molar-refractivity contribution in [2.24, 2.45) is 5.92 Å². The van der Waals surface area contributed by atoms with Gasteiger partial charge in [0, 0.05) is 20.2 Å². The van der Waals surface area contributed by atoms with Crippen LogP contribution in [-0.4, -0.2) is 86.6 Å². The highest BCUT2D eigenvalue weighted by atomic mass is 16.6. The largest absolute Gasteiger partial charge is 0.444 e. The SMILES string of the molecule is COC1C(OC(=O)NC(=O)CNCCNC(=O)OC(C)(C)C)CC[C@]2(CO2)C1[C@@]1(C)O[C@@H]1CC=C(C)C. The number of alkyl carbamates (subject to hydrolysis) is 2. The van der Waals surface area contributed by atoms with Crippen molar-refractivity contribution >= 4 is 18.1 Å². The van der Waals surface area contributed by atoms with Crippen molar-refractivity contribution in [1.82, 2.24) is 16.0 Å². The van der Waals surface area contributed by atoms with Crippen molar-refractivity contribution in [2.75, 3.05) is 33.4 Å². The zero-order chi connectivity index (χ0) is 27.4. The first-order valence-electron chi connectivity index (χ1n) is 13.0. The van der Waals surface area contributed by atoms with Gasteiger partial charge in [-0.25, -0.2) is 9.59 Å². The number of epoxide rings is 2. The van der Waals surface area contributed by atoms with Gasteiger partial charge in [-0.3, -0.25) is 10.1 Å². The van der Waals surface area contributed by atoms with Crippen molar-refractivity contribution in [2.45, 2.75) is 95.9 Å². The summed E-state index contributed by atoms with van der Waals surface area (Å²) in [7, 11) is 1.60. The zero-order valence-corrected chi connectivity index (χ0v) is 23.1. The maximum atomic E-state index is 12.5. The van der Waals surface area contributed by atoms with Gasteiger partial charge < -0.3 is 34.3 Å². The Morgan fingerprint density at radius 3 is 2.43 bits per heavy atom. The number of rotatable bonds is 10. The second kappa shape index (κ2) is 11.7. The van der Waals surface area contributed by atoms with Crippen molar-refractivity contribution in [3.63, 3.8) is 0 Å². The number of carbonyl (C=O) groups excluding carboxylic acids is 3. The minimum atomic E-state index is -0.819. The molecule has 0 radical (unpaired) electrons. The molecule has 11 heteroatoms. The van der Waals surface area contributed by atoms with Gasteiger partial charge in [0.1, 0.15) is 29.0 Å². The second-order valence-corrected chi connectivity index (χ2v) is 11.5. The van der Waals surface area contributed by atoms with Crippen LogP contribution in [0.1, 0.15) is 60.8 Å². The molecule has 3 aliphatic rings. The standard InChI is InChI=1S/C26H43N3O8/c1-16(2)8-9-18-25(6,36-18)21-20(33-7)17(10-11-26(21)15-34-26)35-23(32)29-19(30)14-27-12-13-28-22(31)37-24(3,4)5/h8,17-18,20-21,27H,9-15H2,1-7H3,(H,28,31)(H,29,30,32)/t17?,18-,20?,21?,25+,26+/m1/s1. The minimum Gasteiger partial charge on any atom is -0.444 e. The highest BCUT2D eigenvalue weighted by Gasteiger charge is 2.72. The molecule has 1 spiro atoms. The number of ether oxygens (including phenoxy) is 5. The smallest absolute Gasteiger partial charge is 0.414 e. The van der Waals surface area contributed by atoms with E-state index in [9.17, 15) is 14.4 Å². The van der Waals surface area contributed by atoms with Crippen molar-refractivity contribution in [3.8, 4) is 0 Å². The zero-order valence-electron chi connectivity index (χ0n) is 23.1. The summed E-state index contributed by atoms with van der Waals surface area (Å²) in [5.74, 6) is -0.633. The number of allylic oxidation sites excluding steroid dienone is 1. The Kier molecular flexibility index (Phi) is 9.26. The molecule has 1 aliphatic carbocycles. The van der Waals surface area contributed by atoms with Gasteiger partial charge in [-0.2, -0.15) is 0 Å². The lowest BCUT2D eigenvalue weighted by atomic mass is 9.68. The molecule has 2 saturated heterocycles. The molecular weight excluding hydrogens is 482 g/mol. The lowest BCUT2D eigenvalue weighted by molar-refractivity contribution is -0.125. The fourth-order valence-electron chi connectivity index (χ4n) is 5.16. The molecule has 2 aliphatic heterocycles. The monoisotopic (exact) mass is 525 g/mol. The Morgan fingerprint density at radius 2 is 1.84 bits per heavy atom. The summed E-state index contributed by atoms with van der Waals surface area (Å²) in [6.07, 6.45) is 2.01. The fourth-order valence-corrected chi connectivity index (χ4v) is 5.16. The van der Waals surface area contributed by atoms with E-state index in [-0.39, 0.29) is 30.7 Å². The molecule has 6 atom stereocenters. The lowest BCUT2D eigenvalue weighted by Crippen LogP contribution is -2.56. The number of amides is 3. The van der Waals surface area contributed by atoms with E-state index < -0.39 is 41.5 Å². The molecule has 11 nitrogen and oxygen atoms in total. The normalized spacial score (nSPS) is 32.3. The summed E-state index contributed by atoms with van der Waals surface area (Å²) < 4.78 is 28.7. The average molecular weight is 526 g/mol. The summed E-state index contributed by atoms with van der Waals surface area (Å²) in [6, 6.07) is 0. The van der Waals surface area contributed by atoms with Crippen LogP contribution in [0.25, 0.3) is 0 Å². The average Bonchev–Trinajstić information content (AvgIpc) is 3.69. The van der Waals surface area contributed by atoms with Gasteiger partial charge in [-0.1, -0.05) is 11.6 Å². The lowest BCUT2D eigenvalue weighted by Gasteiger charge is -2.42. The second-order valence-electron chi connectivity index (χ2n) is 11.5. The van der Waals surface area contributed by atoms with Crippen LogP contribution in [0.4, 0.5) is 9.59 Å². The number of imide groups is 1. The number of nitrogens with one attached hydrogen (secondary N) is 3. The van der Waals surface area contributed by atoms with Gasteiger partial charge >= 0.3 is 12.2 Å². The molecule has 0 aromatic rings. The van der Waals surface area contributed by atoms with Crippen LogP contribution >= 0.6 is 0 Å². The predicted molar refractivity (Wildman–Crippen MR) is 135 cm³/mol. The van der Waals surface area contributed by atoms with Crippen LogP contribution in [0, 0.1) is 5.92 Å². The first-order valence-corrected chi connectivity index (χ1v) is 13.0. The molecular formula is C26H43N3O8. The number of hydrogen-bond donors (Lipinski definition) is 3. The van der Waals surface area contributed by atoms with Crippen molar-refractivity contribution in [3.05, 3.63) is 11.6 Å². The highest BCUT2D eigenvalue weighted by molar-refractivity contribution is 5.92. The minimum absolute atomic E-state index is 0.0520. The van der Waals surface area contributed by atoms with Gasteiger partial charge in [0.05, 0.1) is 25.2 Å². The van der Waals surface area contributed by atoms with Crippen LogP contribution in [0.3, 0.4) is 0 Å². The Balaban J connectivity index is 1.45. The van der Waals surface area contributed by atoms with E-state index in [1.165, 1.54) is 5.57 Å². The first-order chi connectivity index (χ1) is 17.3. The summed E-state index contributed by atoms with van der Waals surface area (Å²) in [5.41, 5.74) is -0.104. The highest BCUT2D eigenvalue weighted by Crippen LogP contribution is 2.59. The Bertz CT molecular complexity index is 878. The van der Waals surface area contributed by atoms with E-state index in [1.807, 2.05) is 0 Å². The maximum Gasteiger partial charge on any atom is 0.414 e. The van der Waals surface area contributed by atoms with E-state index in [1.54, 1.807) is 27.9 Å². The molecule has 210 valence electrons. The molecule has 1 saturated carbocycles. The van der Waals surface area contributed by atoms with Gasteiger partial charge in [0.2, 0.25) is 5.91 Å². The van der Waals surface area contributed by atoms with E-state index in [2.05, 4.69) is 42.8 Å². The van der Waals surface area contributed by atoms with E-state index in [4.69, 9.17) is 23.7 Å². The molecule has 0 aromatic carbocycles. The summed E-state index contributed by atoms with van der Waals surface area (Å²) in [6.45, 7) is 12.6. The Hall–Kier alpha value is -2.21. The molecule has 3 fully saturated rings. The number of hydrogen-bond acceptors (Lipinski definition) is 9. The third-order valence-corrected chi connectivity index (χ3v) is 6.99. The summed E-state index contributed by atoms with van der Waals surface area (Å²) >= 11 is 0. The van der Waals surface area contributed by atoms with E-state index in [0.29, 0.717) is 19.6 Å². The maximum absolute atomic E-state index is 12.5. The van der Waals surface area contributed by atoms with Crippen molar-refractivity contribution in [1.29, 1.82) is 0 Å². The van der Waals surface area contributed by atoms with E-state index in [0.717, 1.165) is 12.8 Å². The number of methoxy groups -OCH3 is 1. The number of carbonyl (C=O) groups is 3. The molecule has 37 heavy (non-hydrogen) atoms. The molecule has 3 rings (SSSR count). The van der Waals surface area contributed by atoms with Crippen LogP contribution < -0.4 is 16.0 Å². The summed E-state index contributed by atoms with van der Waals surface area (Å²) in [4.78, 5) is 36.3. The van der Waals surface area contributed by atoms with Gasteiger partial charge in [0.25, 0.3) is 0 Å². The van der Waals surface area contributed by atoms with Crippen LogP contribution in [0.2, 0.25) is 0 Å². The molecule has 2 heterocycles. The molecule has 0 aromatic heterocycles. The van der Waals surface area contributed by atoms with Gasteiger partial charge in [-0.05, 0) is 60.8 Å². The van der Waals surface area contributed by atoms with Crippen LogP contribution in [0.5, 0.6) is 0 Å². The molecule has 3 N–H and O–H groups in total. The topological polar surface area (TPSA) is 140 Å². The Labute approximate surface area is 219 Å². The fraction of sp³-hybridized carbons (Fsp3) is 0.808. The van der Waals surface area contributed by atoms with Gasteiger partial charge in [0.15, 0.2) is 0 Å². The third kappa shape index (κ3) is 7.89. The van der Waals surface area contributed by atoms with E-state index >= 15 is 0 Å². The molecule has 3 unspecified atom stereocenters. The molecule has 0 bridgehead atoms. The summed E-state index contributed by atoms with van der Waals surface area (Å²) in [5, 5.41) is 7.69. The quantitative estimate of drug-likeness (QED) is 0.223. The van der Waals surface area contributed by atoms with Crippen molar-refractivity contribution < 1.29 is 38.1 Å². The Morgan fingerprint density at radius 1 is 1.14 bits per heavy atom. The third-order valence-electron chi connectivity index (χ3n) is 6.99. The predicted octanol–water partition coefficient (Wildman–Crippen LogP) is 2.43. The first kappa shape index (κ1) is 29.3. The molecule has 3 amide bonds. The van der Waals surface area contributed by atoms with Gasteiger partial charge in [-0.15, -0.1) is 0 Å². The van der Waals surface area contributed by atoms with Crippen LogP contribution in [0.15, 0.2) is 11.6 Å². The van der Waals surface area contributed by atoms with Crippen LogP contribution in [-0.2, 0) is 28.5 Å².